The Morgan fingerprint density at radius 2 is 2.22 bits per heavy atom. The SMILES string of the molecule is CNCC1(C(=O)NCc2cccc(F)c2)CCC1. The Labute approximate surface area is 107 Å². The highest BCUT2D eigenvalue weighted by molar-refractivity contribution is 5.83. The Hall–Kier alpha value is -1.42. The maximum Gasteiger partial charge on any atom is 0.227 e. The molecule has 0 saturated heterocycles. The van der Waals surface area contributed by atoms with E-state index in [-0.39, 0.29) is 17.1 Å². The Bertz CT molecular complexity index is 430. The van der Waals surface area contributed by atoms with E-state index in [0.717, 1.165) is 24.8 Å². The summed E-state index contributed by atoms with van der Waals surface area (Å²) in [6.07, 6.45) is 2.97. The maximum atomic E-state index is 13.0. The average molecular weight is 250 g/mol. The van der Waals surface area contributed by atoms with Crippen molar-refractivity contribution in [2.24, 2.45) is 5.41 Å². The third-order valence-electron chi connectivity index (χ3n) is 3.65. The number of nitrogens with one attached hydrogen (secondary N) is 2. The van der Waals surface area contributed by atoms with Gasteiger partial charge in [-0.2, -0.15) is 0 Å². The van der Waals surface area contributed by atoms with E-state index in [4.69, 9.17) is 0 Å². The number of carbonyl (C=O) groups excluding carboxylic acids is 1. The molecule has 1 aromatic rings. The molecule has 1 aliphatic rings. The fourth-order valence-corrected chi connectivity index (χ4v) is 2.44. The molecular formula is C14H19FN2O. The summed E-state index contributed by atoms with van der Waals surface area (Å²) in [6, 6.07) is 6.32. The van der Waals surface area contributed by atoms with E-state index < -0.39 is 0 Å². The fraction of sp³-hybridized carbons (Fsp3) is 0.500. The molecule has 0 aromatic heterocycles. The van der Waals surface area contributed by atoms with Crippen molar-refractivity contribution in [1.82, 2.24) is 10.6 Å². The molecule has 0 radical (unpaired) electrons. The largest absolute Gasteiger partial charge is 0.352 e. The molecule has 0 unspecified atom stereocenters. The van der Waals surface area contributed by atoms with Crippen LogP contribution in [0.15, 0.2) is 24.3 Å². The van der Waals surface area contributed by atoms with Crippen LogP contribution in [-0.2, 0) is 11.3 Å². The molecule has 4 heteroatoms. The van der Waals surface area contributed by atoms with Crippen molar-refractivity contribution in [3.05, 3.63) is 35.6 Å². The van der Waals surface area contributed by atoms with E-state index >= 15 is 0 Å². The van der Waals surface area contributed by atoms with Crippen molar-refractivity contribution < 1.29 is 9.18 Å². The summed E-state index contributed by atoms with van der Waals surface area (Å²) in [5.41, 5.74) is 0.546. The second kappa shape index (κ2) is 5.48. The standard InChI is InChI=1S/C14H19FN2O/c1-16-10-14(6-3-7-14)13(18)17-9-11-4-2-5-12(15)8-11/h2,4-5,8,16H,3,6-7,9-10H2,1H3,(H,17,18). The van der Waals surface area contributed by atoms with Gasteiger partial charge in [0.25, 0.3) is 0 Å². The summed E-state index contributed by atoms with van der Waals surface area (Å²) in [7, 11) is 1.86. The highest BCUT2D eigenvalue weighted by Crippen LogP contribution is 2.40. The molecule has 3 nitrogen and oxygen atoms in total. The highest BCUT2D eigenvalue weighted by atomic mass is 19.1. The van der Waals surface area contributed by atoms with Gasteiger partial charge in [-0.05, 0) is 37.6 Å². The van der Waals surface area contributed by atoms with Crippen molar-refractivity contribution in [2.75, 3.05) is 13.6 Å². The number of hydrogen-bond donors (Lipinski definition) is 2. The lowest BCUT2D eigenvalue weighted by Gasteiger charge is -2.40. The van der Waals surface area contributed by atoms with E-state index in [1.807, 2.05) is 13.1 Å². The van der Waals surface area contributed by atoms with Gasteiger partial charge in [-0.1, -0.05) is 18.6 Å². The normalized spacial score (nSPS) is 17.0. The van der Waals surface area contributed by atoms with E-state index in [1.54, 1.807) is 6.07 Å². The Morgan fingerprint density at radius 1 is 1.44 bits per heavy atom. The third kappa shape index (κ3) is 2.70. The lowest BCUT2D eigenvalue weighted by Crippen LogP contribution is -2.50. The Morgan fingerprint density at radius 3 is 2.78 bits per heavy atom. The van der Waals surface area contributed by atoms with Crippen LogP contribution in [0.25, 0.3) is 0 Å². The second-order valence-corrected chi connectivity index (χ2v) is 4.98. The zero-order chi connectivity index (χ0) is 13.0. The van der Waals surface area contributed by atoms with Crippen molar-refractivity contribution in [3.8, 4) is 0 Å². The van der Waals surface area contributed by atoms with E-state index in [0.29, 0.717) is 13.1 Å². The summed E-state index contributed by atoms with van der Waals surface area (Å²) in [5, 5.41) is 5.99. The van der Waals surface area contributed by atoms with Crippen molar-refractivity contribution in [3.63, 3.8) is 0 Å². The van der Waals surface area contributed by atoms with Crippen molar-refractivity contribution in [1.29, 1.82) is 0 Å². The smallest absolute Gasteiger partial charge is 0.227 e. The van der Waals surface area contributed by atoms with Crippen LogP contribution in [0.3, 0.4) is 0 Å². The minimum absolute atomic E-state index is 0.0763. The molecule has 2 rings (SSSR count). The van der Waals surface area contributed by atoms with E-state index in [2.05, 4.69) is 10.6 Å². The Kier molecular flexibility index (Phi) is 3.97. The van der Waals surface area contributed by atoms with Crippen LogP contribution in [0.5, 0.6) is 0 Å². The van der Waals surface area contributed by atoms with Gasteiger partial charge in [-0.25, -0.2) is 4.39 Å². The maximum absolute atomic E-state index is 13.0. The van der Waals surface area contributed by atoms with Gasteiger partial charge in [0.2, 0.25) is 5.91 Å². The quantitative estimate of drug-likeness (QED) is 0.837. The van der Waals surface area contributed by atoms with Gasteiger partial charge >= 0.3 is 0 Å². The summed E-state index contributed by atoms with van der Waals surface area (Å²) in [6.45, 7) is 1.10. The summed E-state index contributed by atoms with van der Waals surface area (Å²) >= 11 is 0. The zero-order valence-electron chi connectivity index (χ0n) is 10.6. The lowest BCUT2D eigenvalue weighted by molar-refractivity contribution is -0.135. The molecular weight excluding hydrogens is 231 g/mol. The van der Waals surface area contributed by atoms with Crippen LogP contribution in [0.1, 0.15) is 24.8 Å². The van der Waals surface area contributed by atoms with Crippen LogP contribution in [0.2, 0.25) is 0 Å². The number of amides is 1. The summed E-state index contributed by atoms with van der Waals surface area (Å²) in [4.78, 5) is 12.2. The molecule has 0 aliphatic heterocycles. The predicted octanol–water partition coefficient (Wildman–Crippen LogP) is 1.83. The van der Waals surface area contributed by atoms with Gasteiger partial charge in [0.1, 0.15) is 5.82 Å². The van der Waals surface area contributed by atoms with Gasteiger partial charge in [0, 0.05) is 13.1 Å². The first-order valence-corrected chi connectivity index (χ1v) is 6.34. The molecule has 2 N–H and O–H groups in total. The first-order valence-electron chi connectivity index (χ1n) is 6.34. The highest BCUT2D eigenvalue weighted by Gasteiger charge is 2.43. The van der Waals surface area contributed by atoms with Gasteiger partial charge in [-0.3, -0.25) is 4.79 Å². The second-order valence-electron chi connectivity index (χ2n) is 4.98. The number of rotatable bonds is 5. The van der Waals surface area contributed by atoms with Crippen LogP contribution >= 0.6 is 0 Å². The fourth-order valence-electron chi connectivity index (χ4n) is 2.44. The van der Waals surface area contributed by atoms with E-state index in [1.165, 1.54) is 12.1 Å². The monoisotopic (exact) mass is 250 g/mol. The molecule has 1 amide bonds. The van der Waals surface area contributed by atoms with Crippen LogP contribution in [-0.4, -0.2) is 19.5 Å². The van der Waals surface area contributed by atoms with Gasteiger partial charge in [-0.15, -0.1) is 0 Å². The van der Waals surface area contributed by atoms with Crippen LogP contribution in [0, 0.1) is 11.2 Å². The van der Waals surface area contributed by atoms with Crippen LogP contribution in [0.4, 0.5) is 4.39 Å². The van der Waals surface area contributed by atoms with Gasteiger partial charge in [0.15, 0.2) is 0 Å². The van der Waals surface area contributed by atoms with E-state index in [9.17, 15) is 9.18 Å². The number of benzene rings is 1. The molecule has 1 saturated carbocycles. The molecule has 1 fully saturated rings. The summed E-state index contributed by atoms with van der Waals surface area (Å²) in [5.74, 6) is -0.192. The number of carbonyl (C=O) groups is 1. The minimum atomic E-state index is -0.268. The average Bonchev–Trinajstić information content (AvgIpc) is 2.31. The molecule has 0 atom stereocenters. The molecule has 1 aromatic carbocycles. The zero-order valence-corrected chi connectivity index (χ0v) is 10.6. The Balaban J connectivity index is 1.91. The minimum Gasteiger partial charge on any atom is -0.352 e. The third-order valence-corrected chi connectivity index (χ3v) is 3.65. The predicted molar refractivity (Wildman–Crippen MR) is 68.5 cm³/mol. The number of halogens is 1. The first kappa shape index (κ1) is 13.0. The first-order chi connectivity index (χ1) is 8.66. The van der Waals surface area contributed by atoms with Gasteiger partial charge < -0.3 is 10.6 Å². The number of hydrogen-bond acceptors (Lipinski definition) is 2. The molecule has 18 heavy (non-hydrogen) atoms. The van der Waals surface area contributed by atoms with Crippen molar-refractivity contribution >= 4 is 5.91 Å². The molecule has 0 heterocycles. The molecule has 98 valence electrons. The molecule has 1 aliphatic carbocycles. The topological polar surface area (TPSA) is 41.1 Å². The molecule has 0 spiro atoms. The van der Waals surface area contributed by atoms with Crippen molar-refractivity contribution in [2.45, 2.75) is 25.8 Å². The molecule has 0 bridgehead atoms. The lowest BCUT2D eigenvalue weighted by atomic mass is 9.68. The van der Waals surface area contributed by atoms with Crippen LogP contribution < -0.4 is 10.6 Å². The van der Waals surface area contributed by atoms with Gasteiger partial charge in [0.05, 0.1) is 5.41 Å². The summed E-state index contributed by atoms with van der Waals surface area (Å²) < 4.78 is 13.0.